The summed E-state index contributed by atoms with van der Waals surface area (Å²) >= 11 is 4.37. The number of carbonyl (C=O) groups excluding carboxylic acids is 2. The Kier molecular flexibility index (Phi) is 3.15. The first-order valence-corrected chi connectivity index (χ1v) is 6.32. The van der Waals surface area contributed by atoms with Gasteiger partial charge in [0.05, 0.1) is 13.1 Å². The quantitative estimate of drug-likeness (QED) is 0.727. The average molecular weight is 242 g/mol. The van der Waals surface area contributed by atoms with Crippen molar-refractivity contribution < 1.29 is 9.59 Å². The van der Waals surface area contributed by atoms with Gasteiger partial charge in [-0.25, -0.2) is 0 Å². The monoisotopic (exact) mass is 242 g/mol. The molecule has 1 saturated heterocycles. The molecule has 1 aliphatic heterocycles. The number of amides is 2. The Morgan fingerprint density at radius 2 is 1.94 bits per heavy atom. The van der Waals surface area contributed by atoms with Crippen LogP contribution >= 0.6 is 12.6 Å². The molecule has 0 N–H and O–H groups in total. The van der Waals surface area contributed by atoms with E-state index in [2.05, 4.69) is 12.6 Å². The van der Waals surface area contributed by atoms with Gasteiger partial charge in [-0.2, -0.15) is 12.6 Å². The third kappa shape index (κ3) is 2.05. The van der Waals surface area contributed by atoms with Gasteiger partial charge in [0.1, 0.15) is 0 Å². The zero-order valence-corrected chi connectivity index (χ0v) is 10.5. The zero-order chi connectivity index (χ0) is 11.8. The number of hydrogen-bond donors (Lipinski definition) is 1. The van der Waals surface area contributed by atoms with E-state index in [0.717, 1.165) is 18.6 Å². The minimum atomic E-state index is 0.0354. The summed E-state index contributed by atoms with van der Waals surface area (Å²) in [5, 5.41) is 0. The summed E-state index contributed by atoms with van der Waals surface area (Å²) in [6.07, 6.45) is 3.48. The van der Waals surface area contributed by atoms with Crippen LogP contribution in [0.4, 0.5) is 0 Å². The lowest BCUT2D eigenvalue weighted by atomic mass is 9.70. The van der Waals surface area contributed by atoms with Crippen LogP contribution in [-0.2, 0) is 9.59 Å². The topological polar surface area (TPSA) is 40.6 Å². The van der Waals surface area contributed by atoms with E-state index in [1.807, 2.05) is 0 Å². The first kappa shape index (κ1) is 11.8. The fourth-order valence-corrected chi connectivity index (χ4v) is 2.77. The van der Waals surface area contributed by atoms with Gasteiger partial charge in [0.25, 0.3) is 0 Å². The lowest BCUT2D eigenvalue weighted by Gasteiger charge is -2.45. The van der Waals surface area contributed by atoms with Crippen LogP contribution in [-0.4, -0.2) is 54.0 Å². The molecule has 2 rings (SSSR count). The highest BCUT2D eigenvalue weighted by Crippen LogP contribution is 2.42. The number of carbonyl (C=O) groups is 2. The lowest BCUT2D eigenvalue weighted by molar-refractivity contribution is -0.150. The fourth-order valence-electron chi connectivity index (χ4n) is 2.36. The van der Waals surface area contributed by atoms with Crippen molar-refractivity contribution in [3.8, 4) is 0 Å². The smallest absolute Gasteiger partial charge is 0.242 e. The molecular weight excluding hydrogens is 224 g/mol. The molecule has 4 nitrogen and oxygen atoms in total. The van der Waals surface area contributed by atoms with Crippen molar-refractivity contribution in [1.29, 1.82) is 0 Å². The summed E-state index contributed by atoms with van der Waals surface area (Å²) in [7, 11) is 1.68. The molecule has 0 aromatic carbocycles. The Balaban J connectivity index is 1.99. The maximum atomic E-state index is 11.8. The molecule has 16 heavy (non-hydrogen) atoms. The summed E-state index contributed by atoms with van der Waals surface area (Å²) in [6.45, 7) is 1.17. The molecule has 2 aliphatic rings. The van der Waals surface area contributed by atoms with Crippen LogP contribution in [0.15, 0.2) is 0 Å². The predicted octanol–water partition coefficient (Wildman–Crippen LogP) is 0.387. The Morgan fingerprint density at radius 3 is 2.44 bits per heavy atom. The van der Waals surface area contributed by atoms with E-state index in [9.17, 15) is 9.59 Å². The molecule has 0 atom stereocenters. The second-order valence-electron chi connectivity index (χ2n) is 5.01. The molecular formula is C11H18N2O2S. The van der Waals surface area contributed by atoms with Crippen molar-refractivity contribution >= 4 is 24.4 Å². The van der Waals surface area contributed by atoms with E-state index < -0.39 is 0 Å². The van der Waals surface area contributed by atoms with E-state index >= 15 is 0 Å². The summed E-state index contributed by atoms with van der Waals surface area (Å²) < 4.78 is 0. The largest absolute Gasteiger partial charge is 0.335 e. The predicted molar refractivity (Wildman–Crippen MR) is 64.4 cm³/mol. The van der Waals surface area contributed by atoms with Gasteiger partial charge in [-0.15, -0.1) is 0 Å². The van der Waals surface area contributed by atoms with E-state index in [-0.39, 0.29) is 30.3 Å². The summed E-state index contributed by atoms with van der Waals surface area (Å²) in [5.41, 5.74) is 0.176. The highest BCUT2D eigenvalue weighted by Gasteiger charge is 2.40. The molecule has 1 aliphatic carbocycles. The van der Waals surface area contributed by atoms with Gasteiger partial charge >= 0.3 is 0 Å². The number of likely N-dealkylation sites (N-methyl/N-ethyl adjacent to an activating group) is 1. The van der Waals surface area contributed by atoms with Crippen molar-refractivity contribution in [2.75, 3.05) is 32.4 Å². The lowest BCUT2D eigenvalue weighted by Crippen LogP contribution is -2.56. The summed E-state index contributed by atoms with van der Waals surface area (Å²) in [5.74, 6) is 0.907. The molecule has 90 valence electrons. The van der Waals surface area contributed by atoms with Crippen molar-refractivity contribution in [3.63, 3.8) is 0 Å². The third-order valence-electron chi connectivity index (χ3n) is 3.75. The maximum Gasteiger partial charge on any atom is 0.242 e. The third-order valence-corrected chi connectivity index (χ3v) is 4.42. The van der Waals surface area contributed by atoms with Gasteiger partial charge < -0.3 is 9.80 Å². The van der Waals surface area contributed by atoms with E-state index in [1.165, 1.54) is 11.3 Å². The molecule has 0 aromatic heterocycles. The fraction of sp³-hybridized carbons (Fsp3) is 0.818. The van der Waals surface area contributed by atoms with Crippen molar-refractivity contribution in [3.05, 3.63) is 0 Å². The van der Waals surface area contributed by atoms with E-state index in [0.29, 0.717) is 6.54 Å². The van der Waals surface area contributed by atoms with E-state index in [1.54, 1.807) is 11.9 Å². The molecule has 1 heterocycles. The first-order valence-electron chi connectivity index (χ1n) is 5.69. The number of hydrogen-bond acceptors (Lipinski definition) is 3. The highest BCUT2D eigenvalue weighted by atomic mass is 32.1. The number of rotatable bonds is 3. The minimum absolute atomic E-state index is 0.0354. The molecule has 0 aromatic rings. The molecule has 0 radical (unpaired) electrons. The molecule has 5 heteroatoms. The first-order chi connectivity index (χ1) is 7.56. The zero-order valence-electron chi connectivity index (χ0n) is 9.61. The van der Waals surface area contributed by atoms with Crippen LogP contribution in [0, 0.1) is 5.41 Å². The van der Waals surface area contributed by atoms with Gasteiger partial charge in [-0.3, -0.25) is 9.59 Å². The van der Waals surface area contributed by atoms with Crippen molar-refractivity contribution in [1.82, 2.24) is 9.80 Å². The van der Waals surface area contributed by atoms with Crippen LogP contribution in [0.1, 0.15) is 19.3 Å². The number of thiol groups is 1. The Morgan fingerprint density at radius 1 is 1.25 bits per heavy atom. The van der Waals surface area contributed by atoms with Gasteiger partial charge in [0.15, 0.2) is 0 Å². The van der Waals surface area contributed by atoms with Crippen LogP contribution in [0.3, 0.4) is 0 Å². The molecule has 0 spiro atoms. The SMILES string of the molecule is CN1CC(=O)N(CC2(CS)CCC2)CC1=O. The van der Waals surface area contributed by atoms with Gasteiger partial charge in [0.2, 0.25) is 11.8 Å². The molecule has 1 saturated carbocycles. The van der Waals surface area contributed by atoms with Gasteiger partial charge in [-0.05, 0) is 24.0 Å². The maximum absolute atomic E-state index is 11.8. The number of nitrogens with zero attached hydrogens (tertiary/aromatic N) is 2. The molecule has 2 amide bonds. The second-order valence-corrected chi connectivity index (χ2v) is 5.33. The minimum Gasteiger partial charge on any atom is -0.335 e. The van der Waals surface area contributed by atoms with Crippen molar-refractivity contribution in [2.24, 2.45) is 5.41 Å². The molecule has 2 fully saturated rings. The van der Waals surface area contributed by atoms with Crippen LogP contribution in [0.2, 0.25) is 0 Å². The summed E-state index contributed by atoms with van der Waals surface area (Å²) in [4.78, 5) is 26.5. The average Bonchev–Trinajstić information content (AvgIpc) is 2.19. The Bertz CT molecular complexity index is 310. The van der Waals surface area contributed by atoms with Crippen LogP contribution in [0.5, 0.6) is 0 Å². The van der Waals surface area contributed by atoms with Crippen LogP contribution in [0.25, 0.3) is 0 Å². The normalized spacial score (nSPS) is 24.6. The van der Waals surface area contributed by atoms with Crippen molar-refractivity contribution in [2.45, 2.75) is 19.3 Å². The Labute approximate surface area is 101 Å². The molecule has 0 unspecified atom stereocenters. The highest BCUT2D eigenvalue weighted by molar-refractivity contribution is 7.80. The van der Waals surface area contributed by atoms with Gasteiger partial charge in [0, 0.05) is 13.6 Å². The standard InChI is InChI=1S/C11H18N2O2S/c1-12-5-10(15)13(6-9(12)14)7-11(8-16)3-2-4-11/h16H,2-8H2,1H3. The Hall–Kier alpha value is -0.710. The summed E-state index contributed by atoms with van der Waals surface area (Å²) in [6, 6.07) is 0. The van der Waals surface area contributed by atoms with Crippen LogP contribution < -0.4 is 0 Å². The van der Waals surface area contributed by atoms with E-state index in [4.69, 9.17) is 0 Å². The van der Waals surface area contributed by atoms with Gasteiger partial charge in [-0.1, -0.05) is 6.42 Å². The second kappa shape index (κ2) is 4.28. The number of piperazine rings is 1. The molecule has 0 bridgehead atoms.